The van der Waals surface area contributed by atoms with E-state index >= 15 is 0 Å². The van der Waals surface area contributed by atoms with Crippen molar-refractivity contribution in [2.75, 3.05) is 13.1 Å². The number of pyridine rings is 1. The van der Waals surface area contributed by atoms with E-state index in [0.717, 1.165) is 10.9 Å². The fraction of sp³-hybridized carbons (Fsp3) is 0.444. The van der Waals surface area contributed by atoms with Crippen molar-refractivity contribution >= 4 is 22.8 Å². The highest BCUT2D eigenvalue weighted by molar-refractivity contribution is 6.10. The molecule has 128 valence electrons. The summed E-state index contributed by atoms with van der Waals surface area (Å²) in [6.45, 7) is 5.20. The van der Waals surface area contributed by atoms with Crippen LogP contribution in [0.1, 0.15) is 29.8 Å². The van der Waals surface area contributed by atoms with E-state index in [-0.39, 0.29) is 23.7 Å². The lowest BCUT2D eigenvalue weighted by atomic mass is 9.93. The fourth-order valence-corrected chi connectivity index (χ4v) is 3.77. The highest BCUT2D eigenvalue weighted by atomic mass is 16.2. The van der Waals surface area contributed by atoms with Gasteiger partial charge in [0, 0.05) is 37.4 Å². The fourth-order valence-electron chi connectivity index (χ4n) is 3.77. The first-order valence-electron chi connectivity index (χ1n) is 8.45. The van der Waals surface area contributed by atoms with Gasteiger partial charge in [0.05, 0.1) is 17.6 Å². The molecule has 0 aliphatic carbocycles. The SMILES string of the molecule is CC(C)C(C(=O)N1CC(C#N)C1)N1Cc2ccnc3[nH]cc(c23)C1=O. The standard InChI is InChI=1S/C18H19N5O2/c1-10(2)15(18(25)22-7-11(5-19)8-22)23-9-12-3-4-20-16-14(12)13(6-21-16)17(23)24/h3-4,6,10-11,15H,7-9H2,1-2H3,(H,20,21). The molecule has 2 amide bonds. The average Bonchev–Trinajstić information content (AvgIpc) is 2.97. The molecule has 2 aliphatic rings. The molecule has 7 heteroatoms. The molecule has 7 nitrogen and oxygen atoms in total. The second-order valence-electron chi connectivity index (χ2n) is 7.09. The molecule has 1 saturated heterocycles. The number of nitrogens with one attached hydrogen (secondary N) is 1. The van der Waals surface area contributed by atoms with Gasteiger partial charge < -0.3 is 14.8 Å². The number of carbonyl (C=O) groups is 2. The lowest BCUT2D eigenvalue weighted by molar-refractivity contribution is -0.143. The Morgan fingerprint density at radius 3 is 2.88 bits per heavy atom. The molecule has 0 aromatic carbocycles. The third-order valence-electron chi connectivity index (χ3n) is 5.09. The smallest absolute Gasteiger partial charge is 0.257 e. The summed E-state index contributed by atoms with van der Waals surface area (Å²) >= 11 is 0. The van der Waals surface area contributed by atoms with Crippen LogP contribution in [0.4, 0.5) is 0 Å². The molecule has 0 radical (unpaired) electrons. The Bertz CT molecular complexity index is 904. The van der Waals surface area contributed by atoms with Crippen molar-refractivity contribution in [3.8, 4) is 6.07 Å². The van der Waals surface area contributed by atoms with Crippen LogP contribution in [0, 0.1) is 23.2 Å². The van der Waals surface area contributed by atoms with Crippen LogP contribution in [0.3, 0.4) is 0 Å². The van der Waals surface area contributed by atoms with Crippen LogP contribution in [0.5, 0.6) is 0 Å². The summed E-state index contributed by atoms with van der Waals surface area (Å²) in [5.74, 6) is -0.324. The summed E-state index contributed by atoms with van der Waals surface area (Å²) in [6, 6.07) is 3.55. The van der Waals surface area contributed by atoms with E-state index in [9.17, 15) is 9.59 Å². The molecule has 4 heterocycles. The third kappa shape index (κ3) is 2.29. The van der Waals surface area contributed by atoms with Crippen molar-refractivity contribution in [3.63, 3.8) is 0 Å². The molecule has 1 atom stereocenters. The van der Waals surface area contributed by atoms with Gasteiger partial charge in [-0.3, -0.25) is 9.59 Å². The molecule has 0 saturated carbocycles. The highest BCUT2D eigenvalue weighted by Gasteiger charge is 2.42. The molecule has 1 unspecified atom stereocenters. The number of rotatable bonds is 3. The molecule has 0 bridgehead atoms. The monoisotopic (exact) mass is 337 g/mol. The number of hydrogen-bond acceptors (Lipinski definition) is 4. The lowest BCUT2D eigenvalue weighted by Gasteiger charge is -2.42. The van der Waals surface area contributed by atoms with Crippen molar-refractivity contribution in [1.29, 1.82) is 5.26 Å². The van der Waals surface area contributed by atoms with Crippen LogP contribution >= 0.6 is 0 Å². The Kier molecular flexibility index (Phi) is 3.49. The zero-order chi connectivity index (χ0) is 17.7. The minimum Gasteiger partial charge on any atom is -0.345 e. The maximum Gasteiger partial charge on any atom is 0.257 e. The van der Waals surface area contributed by atoms with Gasteiger partial charge >= 0.3 is 0 Å². The van der Waals surface area contributed by atoms with Crippen molar-refractivity contribution in [2.45, 2.75) is 26.4 Å². The van der Waals surface area contributed by atoms with E-state index in [1.165, 1.54) is 0 Å². The van der Waals surface area contributed by atoms with Gasteiger partial charge in [-0.25, -0.2) is 4.98 Å². The molecule has 0 spiro atoms. The van der Waals surface area contributed by atoms with E-state index in [4.69, 9.17) is 5.26 Å². The highest BCUT2D eigenvalue weighted by Crippen LogP contribution is 2.32. The average molecular weight is 337 g/mol. The van der Waals surface area contributed by atoms with E-state index in [1.807, 2.05) is 19.9 Å². The van der Waals surface area contributed by atoms with Crippen molar-refractivity contribution in [3.05, 3.63) is 29.6 Å². The summed E-state index contributed by atoms with van der Waals surface area (Å²) in [6.07, 6.45) is 3.39. The van der Waals surface area contributed by atoms with Crippen molar-refractivity contribution in [2.24, 2.45) is 11.8 Å². The van der Waals surface area contributed by atoms with Gasteiger partial charge in [-0.1, -0.05) is 13.8 Å². The Morgan fingerprint density at radius 1 is 1.44 bits per heavy atom. The van der Waals surface area contributed by atoms with Crippen LogP contribution in [-0.4, -0.2) is 50.7 Å². The number of likely N-dealkylation sites (tertiary alicyclic amines) is 1. The number of nitriles is 1. The summed E-state index contributed by atoms with van der Waals surface area (Å²) < 4.78 is 0. The molecule has 1 N–H and O–H groups in total. The molecule has 25 heavy (non-hydrogen) atoms. The number of carbonyl (C=O) groups excluding carboxylic acids is 2. The zero-order valence-electron chi connectivity index (χ0n) is 14.2. The van der Waals surface area contributed by atoms with Gasteiger partial charge in [0.25, 0.3) is 5.91 Å². The Hall–Kier alpha value is -2.88. The van der Waals surface area contributed by atoms with Crippen molar-refractivity contribution in [1.82, 2.24) is 19.8 Å². The van der Waals surface area contributed by atoms with Gasteiger partial charge in [-0.2, -0.15) is 5.26 Å². The number of aromatic amines is 1. The topological polar surface area (TPSA) is 93.1 Å². The number of aromatic nitrogens is 2. The molecule has 4 rings (SSSR count). The largest absolute Gasteiger partial charge is 0.345 e. The maximum atomic E-state index is 13.0. The zero-order valence-corrected chi connectivity index (χ0v) is 14.2. The first-order valence-corrected chi connectivity index (χ1v) is 8.45. The lowest BCUT2D eigenvalue weighted by Crippen LogP contribution is -2.59. The van der Waals surface area contributed by atoms with Gasteiger partial charge in [-0.05, 0) is 17.5 Å². The molecule has 2 aliphatic heterocycles. The third-order valence-corrected chi connectivity index (χ3v) is 5.09. The van der Waals surface area contributed by atoms with Gasteiger partial charge in [0.15, 0.2) is 0 Å². The van der Waals surface area contributed by atoms with Gasteiger partial charge in [0.2, 0.25) is 5.91 Å². The predicted octanol–water partition coefficient (Wildman–Crippen LogP) is 1.53. The van der Waals surface area contributed by atoms with E-state index in [2.05, 4.69) is 16.0 Å². The number of H-pyrrole nitrogens is 1. The van der Waals surface area contributed by atoms with E-state index in [0.29, 0.717) is 30.8 Å². The first kappa shape index (κ1) is 15.6. The quantitative estimate of drug-likeness (QED) is 0.919. The Balaban J connectivity index is 1.66. The summed E-state index contributed by atoms with van der Waals surface area (Å²) in [5.41, 5.74) is 2.27. The minimum absolute atomic E-state index is 0.0181. The predicted molar refractivity (Wildman–Crippen MR) is 90.3 cm³/mol. The molecular formula is C18H19N5O2. The van der Waals surface area contributed by atoms with Crippen LogP contribution in [0.25, 0.3) is 11.0 Å². The van der Waals surface area contributed by atoms with E-state index < -0.39 is 6.04 Å². The second-order valence-corrected chi connectivity index (χ2v) is 7.09. The number of hydrogen-bond donors (Lipinski definition) is 1. The summed E-state index contributed by atoms with van der Waals surface area (Å²) in [4.78, 5) is 36.6. The number of nitrogens with zero attached hydrogens (tertiary/aromatic N) is 4. The van der Waals surface area contributed by atoms with Crippen LogP contribution in [0.15, 0.2) is 18.5 Å². The molecule has 1 fully saturated rings. The molecule has 2 aromatic rings. The Labute approximate surface area is 145 Å². The molecule has 2 aromatic heterocycles. The van der Waals surface area contributed by atoms with E-state index in [1.54, 1.807) is 22.2 Å². The van der Waals surface area contributed by atoms with Crippen LogP contribution < -0.4 is 0 Å². The Morgan fingerprint density at radius 2 is 2.20 bits per heavy atom. The summed E-state index contributed by atoms with van der Waals surface area (Å²) in [5, 5.41) is 9.79. The van der Waals surface area contributed by atoms with Crippen molar-refractivity contribution < 1.29 is 9.59 Å². The van der Waals surface area contributed by atoms with Gasteiger partial charge in [-0.15, -0.1) is 0 Å². The van der Waals surface area contributed by atoms with Gasteiger partial charge in [0.1, 0.15) is 11.7 Å². The minimum atomic E-state index is -0.529. The number of amides is 2. The maximum absolute atomic E-state index is 13.0. The molecular weight excluding hydrogens is 318 g/mol. The summed E-state index contributed by atoms with van der Waals surface area (Å²) in [7, 11) is 0. The van der Waals surface area contributed by atoms with Crippen LogP contribution in [0.2, 0.25) is 0 Å². The normalized spacial score (nSPS) is 18.4. The second kappa shape index (κ2) is 5.59. The first-order chi connectivity index (χ1) is 12.0. The van der Waals surface area contributed by atoms with Crippen LogP contribution in [-0.2, 0) is 11.3 Å².